The Morgan fingerprint density at radius 2 is 1.97 bits per heavy atom. The van der Waals surface area contributed by atoms with E-state index >= 15 is 0 Å². The maximum Gasteiger partial charge on any atom is 0.262 e. The number of rotatable bonds is 8. The number of fused-ring (bicyclic) bond motifs is 1. The third-order valence-corrected chi connectivity index (χ3v) is 8.92. The minimum Gasteiger partial charge on any atom is -0.363 e. The fourth-order valence-corrected chi connectivity index (χ4v) is 6.36. The zero-order valence-electron chi connectivity index (χ0n) is 19.4. The Morgan fingerprint density at radius 3 is 2.71 bits per heavy atom. The SMILES string of the molecule is C[C@H](c1ccc(C(=O)N[C@@H](CC2CCCC2)C(=O)NC2CC2)s1)N1CCc2cc(F)c(Cl)cc21. The van der Waals surface area contributed by atoms with E-state index in [2.05, 4.69) is 22.5 Å². The lowest BCUT2D eigenvalue weighted by Gasteiger charge is -2.26. The van der Waals surface area contributed by atoms with E-state index in [1.807, 2.05) is 12.1 Å². The van der Waals surface area contributed by atoms with E-state index in [1.54, 1.807) is 6.07 Å². The first-order valence-corrected chi connectivity index (χ1v) is 13.5. The highest BCUT2D eigenvalue weighted by Gasteiger charge is 2.32. The first kappa shape index (κ1) is 23.6. The number of hydrogen-bond acceptors (Lipinski definition) is 4. The van der Waals surface area contributed by atoms with Crippen molar-refractivity contribution in [2.24, 2.45) is 5.92 Å². The molecule has 0 spiro atoms. The summed E-state index contributed by atoms with van der Waals surface area (Å²) in [5.74, 6) is -0.126. The lowest BCUT2D eigenvalue weighted by Crippen LogP contribution is -2.48. The van der Waals surface area contributed by atoms with Gasteiger partial charge in [-0.15, -0.1) is 11.3 Å². The van der Waals surface area contributed by atoms with Crippen molar-refractivity contribution in [1.29, 1.82) is 0 Å². The Labute approximate surface area is 209 Å². The van der Waals surface area contributed by atoms with E-state index < -0.39 is 6.04 Å². The molecule has 2 heterocycles. The molecule has 5 rings (SSSR count). The van der Waals surface area contributed by atoms with Gasteiger partial charge in [-0.05, 0) is 68.4 Å². The van der Waals surface area contributed by atoms with Crippen molar-refractivity contribution in [3.8, 4) is 0 Å². The minimum absolute atomic E-state index is 0.0294. The van der Waals surface area contributed by atoms with Crippen LogP contribution in [0.2, 0.25) is 5.02 Å². The molecule has 34 heavy (non-hydrogen) atoms. The van der Waals surface area contributed by atoms with Gasteiger partial charge in [0.1, 0.15) is 11.9 Å². The third kappa shape index (κ3) is 5.10. The van der Waals surface area contributed by atoms with Crippen molar-refractivity contribution in [3.63, 3.8) is 0 Å². The van der Waals surface area contributed by atoms with Gasteiger partial charge in [0, 0.05) is 23.2 Å². The standard InChI is InChI=1S/C26H31ClFN3O2S/c1-15(31-11-10-17-13-20(28)19(27)14-22(17)31)23-8-9-24(34-23)26(33)30-21(12-16-4-2-3-5-16)25(32)29-18-6-7-18/h8-9,13-16,18,21H,2-7,10-12H2,1H3,(H,29,32)(H,30,33)/t15-,21+/m1/s1. The number of halogens is 2. The van der Waals surface area contributed by atoms with Crippen LogP contribution in [-0.4, -0.2) is 30.4 Å². The number of amides is 2. The molecule has 2 aromatic rings. The summed E-state index contributed by atoms with van der Waals surface area (Å²) in [6.45, 7) is 2.87. The minimum atomic E-state index is -0.485. The highest BCUT2D eigenvalue weighted by molar-refractivity contribution is 7.14. The Balaban J connectivity index is 1.27. The highest BCUT2D eigenvalue weighted by atomic mass is 35.5. The summed E-state index contributed by atoms with van der Waals surface area (Å²) >= 11 is 7.49. The fraction of sp³-hybridized carbons (Fsp3) is 0.538. The molecule has 0 unspecified atom stereocenters. The van der Waals surface area contributed by atoms with E-state index in [9.17, 15) is 14.0 Å². The second-order valence-corrected chi connectivity index (χ2v) is 11.4. The lowest BCUT2D eigenvalue weighted by atomic mass is 9.97. The van der Waals surface area contributed by atoms with Gasteiger partial charge < -0.3 is 15.5 Å². The Hall–Kier alpha value is -2.12. The Kier molecular flexibility index (Phi) is 6.85. The van der Waals surface area contributed by atoms with E-state index in [0.717, 1.165) is 54.8 Å². The van der Waals surface area contributed by atoms with E-state index in [0.29, 0.717) is 17.2 Å². The molecule has 5 nitrogen and oxygen atoms in total. The molecule has 1 aliphatic heterocycles. The van der Waals surface area contributed by atoms with Crippen LogP contribution in [0.15, 0.2) is 24.3 Å². The van der Waals surface area contributed by atoms with Crippen molar-refractivity contribution in [1.82, 2.24) is 10.6 Å². The molecule has 2 saturated carbocycles. The molecule has 2 amide bonds. The number of nitrogens with zero attached hydrogens (tertiary/aromatic N) is 1. The second kappa shape index (κ2) is 9.86. The van der Waals surface area contributed by atoms with Crippen LogP contribution in [0.5, 0.6) is 0 Å². The van der Waals surface area contributed by atoms with Gasteiger partial charge in [0.2, 0.25) is 5.91 Å². The van der Waals surface area contributed by atoms with Crippen LogP contribution in [0.25, 0.3) is 0 Å². The van der Waals surface area contributed by atoms with Gasteiger partial charge in [-0.25, -0.2) is 4.39 Å². The van der Waals surface area contributed by atoms with Gasteiger partial charge in [0.25, 0.3) is 5.91 Å². The first-order valence-electron chi connectivity index (χ1n) is 12.3. The van der Waals surface area contributed by atoms with Crippen molar-refractivity contribution in [3.05, 3.63) is 50.4 Å². The molecule has 0 saturated heterocycles. The highest BCUT2D eigenvalue weighted by Crippen LogP contribution is 2.39. The fourth-order valence-electron chi connectivity index (χ4n) is 5.23. The average molecular weight is 504 g/mol. The summed E-state index contributed by atoms with van der Waals surface area (Å²) in [6.07, 6.45) is 8.22. The van der Waals surface area contributed by atoms with Crippen molar-refractivity contribution in [2.75, 3.05) is 11.4 Å². The zero-order valence-corrected chi connectivity index (χ0v) is 21.0. The number of nitrogens with one attached hydrogen (secondary N) is 2. The number of hydrogen-bond donors (Lipinski definition) is 2. The van der Waals surface area contributed by atoms with Gasteiger partial charge in [0.05, 0.1) is 15.9 Å². The largest absolute Gasteiger partial charge is 0.363 e. The molecular weight excluding hydrogens is 473 g/mol. The summed E-state index contributed by atoms with van der Waals surface area (Å²) < 4.78 is 13.9. The molecule has 0 radical (unpaired) electrons. The Morgan fingerprint density at radius 1 is 1.21 bits per heavy atom. The quantitative estimate of drug-likeness (QED) is 0.491. The summed E-state index contributed by atoms with van der Waals surface area (Å²) in [7, 11) is 0. The molecule has 2 fully saturated rings. The van der Waals surface area contributed by atoms with Crippen molar-refractivity contribution < 1.29 is 14.0 Å². The number of thiophene rings is 1. The van der Waals surface area contributed by atoms with Crippen LogP contribution in [0.3, 0.4) is 0 Å². The molecule has 8 heteroatoms. The topological polar surface area (TPSA) is 61.4 Å². The molecular formula is C26H31ClFN3O2S. The van der Waals surface area contributed by atoms with Crippen LogP contribution in [0.4, 0.5) is 10.1 Å². The van der Waals surface area contributed by atoms with Gasteiger partial charge >= 0.3 is 0 Å². The van der Waals surface area contributed by atoms with E-state index in [-0.39, 0.29) is 34.7 Å². The van der Waals surface area contributed by atoms with Gasteiger partial charge in [-0.3, -0.25) is 9.59 Å². The smallest absolute Gasteiger partial charge is 0.262 e. The van der Waals surface area contributed by atoms with Crippen LogP contribution in [0.1, 0.15) is 78.0 Å². The van der Waals surface area contributed by atoms with Crippen molar-refractivity contribution >= 4 is 40.4 Å². The molecule has 2 N–H and O–H groups in total. The molecule has 2 aliphatic carbocycles. The van der Waals surface area contributed by atoms with Crippen LogP contribution in [0, 0.1) is 11.7 Å². The number of benzene rings is 1. The average Bonchev–Trinajstić information content (AvgIpc) is 3.22. The molecule has 2 atom stereocenters. The second-order valence-electron chi connectivity index (χ2n) is 9.91. The Bertz CT molecular complexity index is 1080. The molecule has 0 bridgehead atoms. The van der Waals surface area contributed by atoms with Crippen LogP contribution >= 0.6 is 22.9 Å². The summed E-state index contributed by atoms with van der Waals surface area (Å²) in [5, 5.41) is 6.23. The summed E-state index contributed by atoms with van der Waals surface area (Å²) in [5.41, 5.74) is 1.91. The lowest BCUT2D eigenvalue weighted by molar-refractivity contribution is -0.123. The first-order chi connectivity index (χ1) is 16.4. The van der Waals surface area contributed by atoms with Crippen LogP contribution in [-0.2, 0) is 11.2 Å². The van der Waals surface area contributed by atoms with Crippen LogP contribution < -0.4 is 15.5 Å². The van der Waals surface area contributed by atoms with Crippen molar-refractivity contribution in [2.45, 2.75) is 76.4 Å². The predicted molar refractivity (Wildman–Crippen MR) is 134 cm³/mol. The molecule has 1 aromatic carbocycles. The third-order valence-electron chi connectivity index (χ3n) is 7.37. The number of carbonyl (C=O) groups is 2. The summed E-state index contributed by atoms with van der Waals surface area (Å²) in [4.78, 5) is 29.8. The van der Waals surface area contributed by atoms with Gasteiger partial charge in [0.15, 0.2) is 0 Å². The maximum absolute atomic E-state index is 13.9. The monoisotopic (exact) mass is 503 g/mol. The van der Waals surface area contributed by atoms with E-state index in [4.69, 9.17) is 11.6 Å². The zero-order chi connectivity index (χ0) is 23.8. The van der Waals surface area contributed by atoms with Gasteiger partial charge in [-0.1, -0.05) is 37.3 Å². The van der Waals surface area contributed by atoms with Gasteiger partial charge in [-0.2, -0.15) is 0 Å². The van der Waals surface area contributed by atoms with E-state index in [1.165, 1.54) is 30.2 Å². The number of anilines is 1. The number of carbonyl (C=O) groups excluding carboxylic acids is 2. The predicted octanol–water partition coefficient (Wildman–Crippen LogP) is 5.62. The maximum atomic E-state index is 13.9. The molecule has 3 aliphatic rings. The molecule has 182 valence electrons. The molecule has 1 aromatic heterocycles. The normalized spacial score (nSPS) is 19.7. The summed E-state index contributed by atoms with van der Waals surface area (Å²) in [6, 6.07) is 6.85.